The summed E-state index contributed by atoms with van der Waals surface area (Å²) >= 11 is 3.54. The minimum Gasteiger partial charge on any atom is -0.383 e. The molecule has 2 N–H and O–H groups in total. The Kier molecular flexibility index (Phi) is 6.21. The van der Waals surface area contributed by atoms with Crippen molar-refractivity contribution in [1.82, 2.24) is 9.97 Å². The predicted octanol–water partition coefficient (Wildman–Crippen LogP) is 4.99. The van der Waals surface area contributed by atoms with Gasteiger partial charge in [0.15, 0.2) is 0 Å². The Hall–Kier alpha value is -2.95. The number of nitriles is 1. The number of pyridine rings is 2. The molecule has 0 unspecified atom stereocenters. The van der Waals surface area contributed by atoms with Crippen LogP contribution < -0.4 is 10.6 Å². The number of hydrogen-bond donors (Lipinski definition) is 1. The number of nitrogens with two attached hydrogens (primary N) is 1. The van der Waals surface area contributed by atoms with Crippen molar-refractivity contribution in [2.75, 3.05) is 36.9 Å². The highest BCUT2D eigenvalue weighted by molar-refractivity contribution is 9.10. The monoisotopic (exact) mass is 477 g/mol. The summed E-state index contributed by atoms with van der Waals surface area (Å²) in [5.74, 6) is 1.28. The quantitative estimate of drug-likeness (QED) is 0.569. The maximum absolute atomic E-state index is 9.87. The Morgan fingerprint density at radius 1 is 1.16 bits per heavy atom. The molecular formula is C24H24BrN5O. The van der Waals surface area contributed by atoms with Gasteiger partial charge in [-0.1, -0.05) is 41.9 Å². The third-order valence-corrected chi connectivity index (χ3v) is 5.91. The van der Waals surface area contributed by atoms with Crippen LogP contribution in [0.15, 0.2) is 47.1 Å². The van der Waals surface area contributed by atoms with E-state index in [1.807, 2.05) is 42.6 Å². The number of halogens is 1. The number of aromatic nitrogens is 2. The zero-order chi connectivity index (χ0) is 22.0. The second-order valence-electron chi connectivity index (χ2n) is 7.79. The molecule has 0 radical (unpaired) electrons. The first kappa shape index (κ1) is 21.3. The summed E-state index contributed by atoms with van der Waals surface area (Å²) in [6.07, 6.45) is 1.84. The van der Waals surface area contributed by atoms with Crippen LogP contribution in [0.1, 0.15) is 30.9 Å². The van der Waals surface area contributed by atoms with E-state index < -0.39 is 0 Å². The normalized spacial score (nSPS) is 14.0. The molecule has 1 aliphatic heterocycles. The van der Waals surface area contributed by atoms with E-state index in [0.717, 1.165) is 51.3 Å². The third-order valence-electron chi connectivity index (χ3n) is 5.42. The lowest BCUT2D eigenvalue weighted by atomic mass is 9.86. The summed E-state index contributed by atoms with van der Waals surface area (Å²) in [6.45, 7) is 7.30. The molecule has 4 rings (SSSR count). The fourth-order valence-electron chi connectivity index (χ4n) is 3.96. The second-order valence-corrected chi connectivity index (χ2v) is 8.71. The van der Waals surface area contributed by atoms with Gasteiger partial charge in [-0.15, -0.1) is 0 Å². The molecule has 7 heteroatoms. The van der Waals surface area contributed by atoms with Gasteiger partial charge in [0.2, 0.25) is 0 Å². The Labute approximate surface area is 190 Å². The van der Waals surface area contributed by atoms with Crippen LogP contribution in [0.4, 0.5) is 11.6 Å². The summed E-state index contributed by atoms with van der Waals surface area (Å²) in [5.41, 5.74) is 11.1. The van der Waals surface area contributed by atoms with Crippen molar-refractivity contribution in [2.45, 2.75) is 19.8 Å². The van der Waals surface area contributed by atoms with E-state index in [4.69, 9.17) is 10.5 Å². The first-order valence-corrected chi connectivity index (χ1v) is 11.1. The largest absolute Gasteiger partial charge is 0.383 e. The van der Waals surface area contributed by atoms with Crippen LogP contribution in [0.2, 0.25) is 0 Å². The molecule has 6 nitrogen and oxygen atoms in total. The molecule has 0 spiro atoms. The van der Waals surface area contributed by atoms with Gasteiger partial charge in [-0.3, -0.25) is 0 Å². The number of anilines is 2. The molecule has 3 heterocycles. The van der Waals surface area contributed by atoms with Gasteiger partial charge in [0.05, 0.1) is 18.9 Å². The van der Waals surface area contributed by atoms with Gasteiger partial charge in [-0.25, -0.2) is 9.97 Å². The number of nitrogens with zero attached hydrogens (tertiary/aromatic N) is 4. The Bertz CT molecular complexity index is 1130. The number of benzene rings is 1. The van der Waals surface area contributed by atoms with Crippen molar-refractivity contribution < 1.29 is 4.74 Å². The number of nitrogen functional groups attached to an aromatic ring is 1. The van der Waals surface area contributed by atoms with Crippen molar-refractivity contribution in [2.24, 2.45) is 0 Å². The summed E-state index contributed by atoms with van der Waals surface area (Å²) in [6, 6.07) is 14.2. The molecule has 1 aliphatic rings. The van der Waals surface area contributed by atoms with Gasteiger partial charge in [0, 0.05) is 34.9 Å². The topological polar surface area (TPSA) is 88.1 Å². The van der Waals surface area contributed by atoms with Crippen molar-refractivity contribution in [3.8, 4) is 28.5 Å². The van der Waals surface area contributed by atoms with Crippen molar-refractivity contribution in [1.29, 1.82) is 5.26 Å². The maximum Gasteiger partial charge on any atom is 0.142 e. The number of rotatable bonds is 4. The van der Waals surface area contributed by atoms with Crippen LogP contribution in [0, 0.1) is 11.3 Å². The molecule has 0 bridgehead atoms. The van der Waals surface area contributed by atoms with E-state index in [-0.39, 0.29) is 11.7 Å². The molecule has 2 aromatic heterocycles. The van der Waals surface area contributed by atoms with Gasteiger partial charge in [-0.05, 0) is 41.3 Å². The number of morpholine rings is 1. The Morgan fingerprint density at radius 3 is 2.55 bits per heavy atom. The smallest absolute Gasteiger partial charge is 0.142 e. The van der Waals surface area contributed by atoms with E-state index in [2.05, 4.69) is 50.7 Å². The van der Waals surface area contributed by atoms with Crippen LogP contribution in [0.25, 0.3) is 22.4 Å². The number of hydrogen-bond acceptors (Lipinski definition) is 6. The summed E-state index contributed by atoms with van der Waals surface area (Å²) in [5, 5.41) is 9.87. The van der Waals surface area contributed by atoms with Crippen LogP contribution >= 0.6 is 15.9 Å². The average molecular weight is 478 g/mol. The summed E-state index contributed by atoms with van der Waals surface area (Å²) in [7, 11) is 0. The minimum atomic E-state index is 0.128. The highest BCUT2D eigenvalue weighted by Crippen LogP contribution is 2.40. The van der Waals surface area contributed by atoms with E-state index >= 15 is 0 Å². The van der Waals surface area contributed by atoms with Crippen LogP contribution in [-0.2, 0) is 4.74 Å². The van der Waals surface area contributed by atoms with Crippen LogP contribution in [0.5, 0.6) is 0 Å². The van der Waals surface area contributed by atoms with Crippen LogP contribution in [-0.4, -0.2) is 36.3 Å². The minimum absolute atomic E-state index is 0.128. The molecule has 158 valence electrons. The fraction of sp³-hybridized carbons (Fsp3) is 0.292. The fourth-order valence-corrected chi connectivity index (χ4v) is 4.36. The summed E-state index contributed by atoms with van der Waals surface area (Å²) < 4.78 is 6.37. The molecule has 0 aliphatic carbocycles. The average Bonchev–Trinajstić information content (AvgIpc) is 2.79. The van der Waals surface area contributed by atoms with Crippen LogP contribution in [0.3, 0.4) is 0 Å². The van der Waals surface area contributed by atoms with Crippen molar-refractivity contribution >= 4 is 27.6 Å². The molecule has 3 aromatic rings. The molecule has 31 heavy (non-hydrogen) atoms. The Balaban J connectivity index is 1.87. The van der Waals surface area contributed by atoms with E-state index in [1.54, 1.807) is 0 Å². The zero-order valence-electron chi connectivity index (χ0n) is 17.6. The van der Waals surface area contributed by atoms with Crippen molar-refractivity contribution in [3.63, 3.8) is 0 Å². The molecular weight excluding hydrogens is 454 g/mol. The van der Waals surface area contributed by atoms with E-state index in [1.165, 1.54) is 0 Å². The highest BCUT2D eigenvalue weighted by Gasteiger charge is 2.23. The standard InChI is InChI=1S/C24H24BrN5O/c1-15(2)21-22(16-4-3-5-18(25)12-16)19(13-26)24(27)29-23(21)17-6-7-20(28-14-17)30-8-10-31-11-9-30/h3-7,12,14-15H,8-11H2,1-2H3,(H2,27,29). The second kappa shape index (κ2) is 9.04. The first-order valence-electron chi connectivity index (χ1n) is 10.3. The van der Waals surface area contributed by atoms with Gasteiger partial charge < -0.3 is 15.4 Å². The SMILES string of the molecule is CC(C)c1c(-c2ccc(N3CCOCC3)nc2)nc(N)c(C#N)c1-c1cccc(Br)c1. The predicted molar refractivity (Wildman–Crippen MR) is 127 cm³/mol. The molecule has 1 fully saturated rings. The Morgan fingerprint density at radius 2 is 1.94 bits per heavy atom. The molecule has 1 aromatic carbocycles. The first-order chi connectivity index (χ1) is 15.0. The van der Waals surface area contributed by atoms with Gasteiger partial charge in [0.25, 0.3) is 0 Å². The van der Waals surface area contributed by atoms with Gasteiger partial charge in [-0.2, -0.15) is 5.26 Å². The molecule has 0 atom stereocenters. The molecule has 1 saturated heterocycles. The lowest BCUT2D eigenvalue weighted by Crippen LogP contribution is -2.36. The van der Waals surface area contributed by atoms with Gasteiger partial charge in [0.1, 0.15) is 23.3 Å². The molecule has 0 amide bonds. The molecule has 0 saturated carbocycles. The maximum atomic E-state index is 9.87. The zero-order valence-corrected chi connectivity index (χ0v) is 19.2. The lowest BCUT2D eigenvalue weighted by molar-refractivity contribution is 0.122. The van der Waals surface area contributed by atoms with E-state index in [9.17, 15) is 5.26 Å². The highest BCUT2D eigenvalue weighted by atomic mass is 79.9. The third kappa shape index (κ3) is 4.27. The number of ether oxygens (including phenoxy) is 1. The van der Waals surface area contributed by atoms with Crippen molar-refractivity contribution in [3.05, 3.63) is 58.2 Å². The van der Waals surface area contributed by atoms with Gasteiger partial charge >= 0.3 is 0 Å². The lowest BCUT2D eigenvalue weighted by Gasteiger charge is -2.28. The van der Waals surface area contributed by atoms with E-state index in [0.29, 0.717) is 18.8 Å². The summed E-state index contributed by atoms with van der Waals surface area (Å²) in [4.78, 5) is 11.6.